The molecule has 2 N–H and O–H groups in total. The van der Waals surface area contributed by atoms with E-state index in [0.29, 0.717) is 12.8 Å². The van der Waals surface area contributed by atoms with E-state index < -0.39 is 32.5 Å². The number of ether oxygens (including phenoxy) is 2. The smallest absolute Gasteiger partial charge is 0.306 e. The molecule has 0 aromatic heterocycles. The van der Waals surface area contributed by atoms with Gasteiger partial charge in [-0.25, -0.2) is 0 Å². The van der Waals surface area contributed by atoms with E-state index in [1.54, 1.807) is 0 Å². The van der Waals surface area contributed by atoms with Crippen molar-refractivity contribution < 1.29 is 37.6 Å². The molecule has 160 valence electrons. The van der Waals surface area contributed by atoms with Crippen molar-refractivity contribution in [3.8, 4) is 0 Å². The van der Waals surface area contributed by atoms with Gasteiger partial charge in [-0.05, 0) is 12.8 Å². The molecule has 0 saturated carbocycles. The minimum Gasteiger partial charge on any atom is -0.756 e. The summed E-state index contributed by atoms with van der Waals surface area (Å²) in [5.41, 5.74) is 5.18. The normalized spacial score (nSPS) is 14.4. The topological polar surface area (TPSA) is 137 Å². The number of unbranched alkanes of at least 4 members (excludes halogenated alkanes) is 4. The van der Waals surface area contributed by atoms with Crippen LogP contribution < -0.4 is 10.6 Å². The fourth-order valence-electron chi connectivity index (χ4n) is 2.03. The van der Waals surface area contributed by atoms with Crippen molar-refractivity contribution in [3.05, 3.63) is 0 Å². The molecule has 27 heavy (non-hydrogen) atoms. The number of esters is 2. The highest BCUT2D eigenvalue weighted by molar-refractivity contribution is 7.45. The van der Waals surface area contributed by atoms with E-state index in [9.17, 15) is 19.0 Å². The van der Waals surface area contributed by atoms with Crippen LogP contribution >= 0.6 is 7.82 Å². The molecule has 0 heterocycles. The second kappa shape index (κ2) is 16.0. The van der Waals surface area contributed by atoms with Crippen molar-refractivity contribution in [1.29, 1.82) is 0 Å². The molecule has 10 heteroatoms. The van der Waals surface area contributed by atoms with Gasteiger partial charge in [0, 0.05) is 19.4 Å². The van der Waals surface area contributed by atoms with Gasteiger partial charge >= 0.3 is 11.9 Å². The molecule has 2 atom stereocenters. The minimum atomic E-state index is -4.56. The number of hydrogen-bond acceptors (Lipinski definition) is 9. The standard InChI is InChI=1S/C17H34NO8P/c1-3-5-7-9-16(19)23-13-15(26-17(20)10-8-6-4-2)14-25-27(21,22)24-12-11-18/h15H,3-14,18H2,1-2H3,(H,21,22)/p-1/t15-/m1/s1. The molecule has 0 aromatic rings. The number of nitrogens with two attached hydrogens (primary N) is 1. The van der Waals surface area contributed by atoms with Gasteiger partial charge in [0.15, 0.2) is 6.10 Å². The van der Waals surface area contributed by atoms with Crippen LogP contribution in [0.4, 0.5) is 0 Å². The fourth-order valence-corrected chi connectivity index (χ4v) is 2.79. The fraction of sp³-hybridized carbons (Fsp3) is 0.882. The van der Waals surface area contributed by atoms with Crippen molar-refractivity contribution in [2.75, 3.05) is 26.4 Å². The Labute approximate surface area is 161 Å². The van der Waals surface area contributed by atoms with Crippen molar-refractivity contribution in [3.63, 3.8) is 0 Å². The molecule has 1 unspecified atom stereocenters. The average molecular weight is 410 g/mol. The second-order valence-electron chi connectivity index (χ2n) is 6.07. The van der Waals surface area contributed by atoms with Crippen molar-refractivity contribution in [2.45, 2.75) is 71.3 Å². The Morgan fingerprint density at radius 1 is 0.963 bits per heavy atom. The minimum absolute atomic E-state index is 0.0147. The van der Waals surface area contributed by atoms with Crippen LogP contribution in [0.25, 0.3) is 0 Å². The van der Waals surface area contributed by atoms with Crippen LogP contribution in [0.5, 0.6) is 0 Å². The third-order valence-electron chi connectivity index (χ3n) is 3.48. The zero-order chi connectivity index (χ0) is 20.5. The van der Waals surface area contributed by atoms with E-state index in [4.69, 9.17) is 19.7 Å². The second-order valence-corrected chi connectivity index (χ2v) is 7.48. The van der Waals surface area contributed by atoms with Crippen LogP contribution in [0.1, 0.15) is 65.2 Å². The van der Waals surface area contributed by atoms with Crippen molar-refractivity contribution in [2.24, 2.45) is 5.73 Å². The maximum Gasteiger partial charge on any atom is 0.306 e. The first-order chi connectivity index (χ1) is 12.8. The van der Waals surface area contributed by atoms with Gasteiger partial charge in [0.2, 0.25) is 0 Å². The first-order valence-electron chi connectivity index (χ1n) is 9.49. The lowest BCUT2D eigenvalue weighted by Crippen LogP contribution is -2.30. The molecule has 0 spiro atoms. The quantitative estimate of drug-likeness (QED) is 0.217. The molecule has 0 radical (unpaired) electrons. The number of carbonyl (C=O) groups excluding carboxylic acids is 2. The predicted octanol–water partition coefficient (Wildman–Crippen LogP) is 2.06. The van der Waals surface area contributed by atoms with Crippen LogP contribution in [0.3, 0.4) is 0 Å². The Morgan fingerprint density at radius 3 is 2.11 bits per heavy atom. The van der Waals surface area contributed by atoms with Gasteiger partial charge in [0.05, 0.1) is 13.2 Å². The van der Waals surface area contributed by atoms with Crippen LogP contribution in [0, 0.1) is 0 Å². The lowest BCUT2D eigenvalue weighted by Gasteiger charge is -2.25. The lowest BCUT2D eigenvalue weighted by atomic mass is 10.2. The maximum absolute atomic E-state index is 11.9. The third-order valence-corrected chi connectivity index (χ3v) is 4.45. The molecule has 0 aliphatic rings. The number of hydrogen-bond donors (Lipinski definition) is 1. The number of phosphoric acid groups is 1. The number of carbonyl (C=O) groups is 2. The Balaban J connectivity index is 4.53. The Morgan fingerprint density at radius 2 is 1.56 bits per heavy atom. The average Bonchev–Trinajstić information content (AvgIpc) is 2.63. The molecular formula is C17H33NO8P-. The monoisotopic (exact) mass is 410 g/mol. The third kappa shape index (κ3) is 15.7. The summed E-state index contributed by atoms with van der Waals surface area (Å²) in [7, 11) is -4.56. The molecule has 0 aromatic carbocycles. The predicted molar refractivity (Wildman–Crippen MR) is 97.7 cm³/mol. The van der Waals surface area contributed by atoms with Crippen molar-refractivity contribution in [1.82, 2.24) is 0 Å². The van der Waals surface area contributed by atoms with Crippen LogP contribution in [-0.2, 0) is 32.7 Å². The highest BCUT2D eigenvalue weighted by Crippen LogP contribution is 2.38. The van der Waals surface area contributed by atoms with E-state index >= 15 is 0 Å². The SMILES string of the molecule is CCCCCC(=O)OC[C@H](COP(=O)([O-])OCCN)OC(=O)CCCCC. The van der Waals surface area contributed by atoms with Gasteiger partial charge < -0.3 is 29.1 Å². The van der Waals surface area contributed by atoms with Crippen LogP contribution in [0.15, 0.2) is 0 Å². The summed E-state index contributed by atoms with van der Waals surface area (Å²) >= 11 is 0. The van der Waals surface area contributed by atoms with Gasteiger partial charge in [-0.15, -0.1) is 0 Å². The molecule has 0 aliphatic heterocycles. The number of phosphoric ester groups is 1. The zero-order valence-corrected chi connectivity index (χ0v) is 17.2. The van der Waals surface area contributed by atoms with Gasteiger partial charge in [0.25, 0.3) is 7.82 Å². The summed E-state index contributed by atoms with van der Waals surface area (Å²) in [4.78, 5) is 35.2. The zero-order valence-electron chi connectivity index (χ0n) is 16.4. The molecule has 0 aliphatic carbocycles. The first-order valence-corrected chi connectivity index (χ1v) is 11.0. The number of rotatable bonds is 17. The summed E-state index contributed by atoms with van der Waals surface area (Å²) in [6.45, 7) is 3.06. The summed E-state index contributed by atoms with van der Waals surface area (Å²) < 4.78 is 31.1. The van der Waals surface area contributed by atoms with Gasteiger partial charge in [-0.1, -0.05) is 39.5 Å². The van der Waals surface area contributed by atoms with Crippen LogP contribution in [-0.4, -0.2) is 44.4 Å². The molecule has 0 rings (SSSR count). The lowest BCUT2D eigenvalue weighted by molar-refractivity contribution is -0.228. The summed E-state index contributed by atoms with van der Waals surface area (Å²) in [6.07, 6.45) is 4.51. The molecule has 0 fully saturated rings. The van der Waals surface area contributed by atoms with Crippen LogP contribution in [0.2, 0.25) is 0 Å². The highest BCUT2D eigenvalue weighted by atomic mass is 31.2. The molecular weight excluding hydrogens is 377 g/mol. The van der Waals surface area contributed by atoms with Gasteiger partial charge in [0.1, 0.15) is 6.61 Å². The first kappa shape index (κ1) is 26.0. The summed E-state index contributed by atoms with van der Waals surface area (Å²) in [6, 6.07) is 0. The van der Waals surface area contributed by atoms with E-state index in [2.05, 4.69) is 4.52 Å². The Bertz CT molecular complexity index is 460. The Kier molecular flexibility index (Phi) is 15.4. The summed E-state index contributed by atoms with van der Waals surface area (Å²) in [5, 5.41) is 0. The largest absolute Gasteiger partial charge is 0.756 e. The molecule has 0 bridgehead atoms. The van der Waals surface area contributed by atoms with E-state index in [1.807, 2.05) is 13.8 Å². The molecule has 0 amide bonds. The highest BCUT2D eigenvalue weighted by Gasteiger charge is 2.20. The van der Waals surface area contributed by atoms with Gasteiger partial charge in [-0.3, -0.25) is 14.2 Å². The maximum atomic E-state index is 11.9. The molecule has 9 nitrogen and oxygen atoms in total. The summed E-state index contributed by atoms with van der Waals surface area (Å²) in [5.74, 6) is -0.928. The van der Waals surface area contributed by atoms with E-state index in [1.165, 1.54) is 0 Å². The molecule has 0 saturated heterocycles. The van der Waals surface area contributed by atoms with Gasteiger partial charge in [-0.2, -0.15) is 0 Å². The van der Waals surface area contributed by atoms with E-state index in [-0.39, 0.29) is 32.6 Å². The Hall–Kier alpha value is -0.990. The van der Waals surface area contributed by atoms with Crippen molar-refractivity contribution >= 4 is 19.8 Å². The van der Waals surface area contributed by atoms with E-state index in [0.717, 1.165) is 25.7 Å².